The Labute approximate surface area is 103 Å². The molecule has 3 N–H and O–H groups in total. The first kappa shape index (κ1) is 13.6. The van der Waals surface area contributed by atoms with Crippen LogP contribution in [-0.2, 0) is 0 Å². The number of nitrogens with two attached hydrogens (primary N) is 1. The van der Waals surface area contributed by atoms with Crippen LogP contribution in [0.1, 0.15) is 36.7 Å². The van der Waals surface area contributed by atoms with Crippen molar-refractivity contribution in [2.45, 2.75) is 27.7 Å². The summed E-state index contributed by atoms with van der Waals surface area (Å²) in [6.07, 6.45) is 0. The van der Waals surface area contributed by atoms with Crippen molar-refractivity contribution in [2.24, 2.45) is 11.8 Å². The van der Waals surface area contributed by atoms with Gasteiger partial charge in [0.1, 0.15) is 0 Å². The van der Waals surface area contributed by atoms with Crippen molar-refractivity contribution in [1.82, 2.24) is 5.32 Å². The maximum Gasteiger partial charge on any atom is 0.251 e. The second-order valence-electron chi connectivity index (χ2n) is 5.01. The average Bonchev–Trinajstić information content (AvgIpc) is 2.25. The summed E-state index contributed by atoms with van der Waals surface area (Å²) in [4.78, 5) is 12.0. The Balaban J connectivity index is 2.64. The van der Waals surface area contributed by atoms with Gasteiger partial charge in [-0.3, -0.25) is 4.79 Å². The van der Waals surface area contributed by atoms with Crippen molar-refractivity contribution >= 4 is 11.6 Å². The molecule has 0 bridgehead atoms. The minimum absolute atomic E-state index is 0.0185. The molecule has 1 rings (SSSR count). The van der Waals surface area contributed by atoms with Gasteiger partial charge in [0, 0.05) is 17.8 Å². The Bertz CT molecular complexity index is 399. The van der Waals surface area contributed by atoms with E-state index in [0.29, 0.717) is 29.6 Å². The fourth-order valence-electron chi connectivity index (χ4n) is 1.53. The largest absolute Gasteiger partial charge is 0.399 e. The number of carbonyl (C=O) groups excluding carboxylic acids is 1. The van der Waals surface area contributed by atoms with Gasteiger partial charge in [-0.25, -0.2) is 0 Å². The summed E-state index contributed by atoms with van der Waals surface area (Å²) in [7, 11) is 0. The van der Waals surface area contributed by atoms with E-state index in [1.54, 1.807) is 12.1 Å². The topological polar surface area (TPSA) is 55.1 Å². The first-order valence-corrected chi connectivity index (χ1v) is 6.06. The van der Waals surface area contributed by atoms with Crippen LogP contribution in [0.2, 0.25) is 0 Å². The van der Waals surface area contributed by atoms with Crippen LogP contribution in [0.15, 0.2) is 18.2 Å². The fraction of sp³-hybridized carbons (Fsp3) is 0.500. The summed E-state index contributed by atoms with van der Waals surface area (Å²) in [5.41, 5.74) is 7.97. The lowest BCUT2D eigenvalue weighted by molar-refractivity contribution is 0.0944. The molecule has 0 aliphatic heterocycles. The SMILES string of the molecule is Cc1cc(N)ccc1C(=O)NCC(C)C(C)C. The van der Waals surface area contributed by atoms with Gasteiger partial charge in [0.25, 0.3) is 5.91 Å². The van der Waals surface area contributed by atoms with Gasteiger partial charge in [-0.15, -0.1) is 0 Å². The second kappa shape index (κ2) is 5.71. The molecule has 0 aliphatic rings. The van der Waals surface area contributed by atoms with Crippen LogP contribution in [0.25, 0.3) is 0 Å². The van der Waals surface area contributed by atoms with Crippen molar-refractivity contribution in [3.8, 4) is 0 Å². The first-order chi connectivity index (χ1) is 7.91. The van der Waals surface area contributed by atoms with E-state index in [0.717, 1.165) is 5.56 Å². The van der Waals surface area contributed by atoms with Gasteiger partial charge >= 0.3 is 0 Å². The predicted molar refractivity (Wildman–Crippen MR) is 71.9 cm³/mol. The van der Waals surface area contributed by atoms with E-state index in [9.17, 15) is 4.79 Å². The molecule has 0 radical (unpaired) electrons. The van der Waals surface area contributed by atoms with Crippen LogP contribution in [0.3, 0.4) is 0 Å². The molecular formula is C14H22N2O. The standard InChI is InChI=1S/C14H22N2O/c1-9(2)11(4)8-16-14(17)13-6-5-12(15)7-10(13)3/h5-7,9,11H,8,15H2,1-4H3,(H,16,17). The molecule has 1 atom stereocenters. The van der Waals surface area contributed by atoms with Gasteiger partial charge < -0.3 is 11.1 Å². The normalized spacial score (nSPS) is 12.5. The smallest absolute Gasteiger partial charge is 0.251 e. The van der Waals surface area contributed by atoms with Gasteiger partial charge in [0.2, 0.25) is 0 Å². The first-order valence-electron chi connectivity index (χ1n) is 6.06. The predicted octanol–water partition coefficient (Wildman–Crippen LogP) is 2.60. The molecule has 0 fully saturated rings. The zero-order valence-electron chi connectivity index (χ0n) is 11.1. The number of rotatable bonds is 4. The summed E-state index contributed by atoms with van der Waals surface area (Å²) in [6, 6.07) is 5.36. The van der Waals surface area contributed by atoms with E-state index in [2.05, 4.69) is 26.1 Å². The number of aryl methyl sites for hydroxylation is 1. The van der Waals surface area contributed by atoms with Crippen LogP contribution in [-0.4, -0.2) is 12.5 Å². The van der Waals surface area contributed by atoms with Gasteiger partial charge in [-0.05, 0) is 42.5 Å². The zero-order valence-corrected chi connectivity index (χ0v) is 11.1. The van der Waals surface area contributed by atoms with Crippen molar-refractivity contribution in [3.05, 3.63) is 29.3 Å². The maximum absolute atomic E-state index is 12.0. The molecule has 1 amide bonds. The van der Waals surface area contributed by atoms with E-state index in [-0.39, 0.29) is 5.91 Å². The minimum Gasteiger partial charge on any atom is -0.399 e. The molecule has 94 valence electrons. The Morgan fingerprint density at radius 3 is 2.53 bits per heavy atom. The molecule has 0 spiro atoms. The molecule has 0 saturated heterocycles. The summed E-state index contributed by atoms with van der Waals surface area (Å²) in [5, 5.41) is 2.96. The fourth-order valence-corrected chi connectivity index (χ4v) is 1.53. The highest BCUT2D eigenvalue weighted by Gasteiger charge is 2.12. The summed E-state index contributed by atoms with van der Waals surface area (Å²) < 4.78 is 0. The quantitative estimate of drug-likeness (QED) is 0.787. The lowest BCUT2D eigenvalue weighted by Crippen LogP contribution is -2.30. The molecule has 1 unspecified atom stereocenters. The highest BCUT2D eigenvalue weighted by atomic mass is 16.1. The van der Waals surface area contributed by atoms with E-state index < -0.39 is 0 Å². The molecule has 17 heavy (non-hydrogen) atoms. The summed E-state index contributed by atoms with van der Waals surface area (Å²) >= 11 is 0. The number of anilines is 1. The third-order valence-electron chi connectivity index (χ3n) is 3.22. The van der Waals surface area contributed by atoms with Crippen LogP contribution < -0.4 is 11.1 Å². The number of hydrogen-bond donors (Lipinski definition) is 2. The molecule has 3 heteroatoms. The van der Waals surface area contributed by atoms with Crippen LogP contribution >= 0.6 is 0 Å². The molecule has 0 saturated carbocycles. The number of nitrogens with one attached hydrogen (secondary N) is 1. The molecule has 0 aliphatic carbocycles. The van der Waals surface area contributed by atoms with E-state index in [1.807, 2.05) is 13.0 Å². The Hall–Kier alpha value is -1.51. The minimum atomic E-state index is -0.0185. The second-order valence-corrected chi connectivity index (χ2v) is 5.01. The number of hydrogen-bond acceptors (Lipinski definition) is 2. The third kappa shape index (κ3) is 3.77. The Kier molecular flexibility index (Phi) is 4.55. The highest BCUT2D eigenvalue weighted by Crippen LogP contribution is 2.13. The lowest BCUT2D eigenvalue weighted by Gasteiger charge is -2.16. The van der Waals surface area contributed by atoms with E-state index >= 15 is 0 Å². The zero-order chi connectivity index (χ0) is 13.0. The third-order valence-corrected chi connectivity index (χ3v) is 3.22. The number of nitrogen functional groups attached to an aromatic ring is 1. The van der Waals surface area contributed by atoms with Crippen LogP contribution in [0, 0.1) is 18.8 Å². The van der Waals surface area contributed by atoms with E-state index in [1.165, 1.54) is 0 Å². The molecule has 1 aromatic rings. The van der Waals surface area contributed by atoms with Gasteiger partial charge in [-0.1, -0.05) is 20.8 Å². The van der Waals surface area contributed by atoms with Gasteiger partial charge in [0.15, 0.2) is 0 Å². The van der Waals surface area contributed by atoms with Crippen LogP contribution in [0.4, 0.5) is 5.69 Å². The number of benzene rings is 1. The Morgan fingerprint density at radius 2 is 2.00 bits per heavy atom. The average molecular weight is 234 g/mol. The van der Waals surface area contributed by atoms with Crippen molar-refractivity contribution in [2.75, 3.05) is 12.3 Å². The molecule has 0 aromatic heterocycles. The van der Waals surface area contributed by atoms with Crippen molar-refractivity contribution in [1.29, 1.82) is 0 Å². The van der Waals surface area contributed by atoms with Crippen molar-refractivity contribution in [3.63, 3.8) is 0 Å². The molecular weight excluding hydrogens is 212 g/mol. The lowest BCUT2D eigenvalue weighted by atomic mass is 9.98. The number of amides is 1. The van der Waals surface area contributed by atoms with Gasteiger partial charge in [-0.2, -0.15) is 0 Å². The number of carbonyl (C=O) groups is 1. The monoisotopic (exact) mass is 234 g/mol. The van der Waals surface area contributed by atoms with Gasteiger partial charge in [0.05, 0.1) is 0 Å². The van der Waals surface area contributed by atoms with E-state index in [4.69, 9.17) is 5.73 Å². The maximum atomic E-state index is 12.0. The molecule has 1 aromatic carbocycles. The molecule has 3 nitrogen and oxygen atoms in total. The van der Waals surface area contributed by atoms with Crippen molar-refractivity contribution < 1.29 is 4.79 Å². The summed E-state index contributed by atoms with van der Waals surface area (Å²) in [5.74, 6) is 1.03. The summed E-state index contributed by atoms with van der Waals surface area (Å²) in [6.45, 7) is 9.06. The van der Waals surface area contributed by atoms with Crippen LogP contribution in [0.5, 0.6) is 0 Å². The molecule has 0 heterocycles. The Morgan fingerprint density at radius 1 is 1.35 bits per heavy atom. The highest BCUT2D eigenvalue weighted by molar-refractivity contribution is 5.95.